The van der Waals surface area contributed by atoms with Gasteiger partial charge in [-0.25, -0.2) is 15.8 Å². The zero-order valence-electron chi connectivity index (χ0n) is 10.7. The largest absolute Gasteiger partial charge is 0.308 e. The second-order valence-electron chi connectivity index (χ2n) is 5.39. The average Bonchev–Trinajstić information content (AvgIpc) is 2.80. The van der Waals surface area contributed by atoms with Gasteiger partial charge in [0.05, 0.1) is 10.9 Å². The molecule has 0 radical (unpaired) electrons. The lowest BCUT2D eigenvalue weighted by Gasteiger charge is -2.20. The predicted molar refractivity (Wildman–Crippen MR) is 73.0 cm³/mol. The van der Waals surface area contributed by atoms with Crippen molar-refractivity contribution in [1.29, 1.82) is 0 Å². The van der Waals surface area contributed by atoms with E-state index in [0.29, 0.717) is 11.1 Å². The number of nitrogens with two attached hydrogens (primary N) is 1. The van der Waals surface area contributed by atoms with Crippen LogP contribution in [0.1, 0.15) is 50.4 Å². The van der Waals surface area contributed by atoms with Gasteiger partial charge in [-0.3, -0.25) is 0 Å². The number of nitrogens with one attached hydrogen (secondary N) is 1. The van der Waals surface area contributed by atoms with E-state index in [2.05, 4.69) is 31.2 Å². The van der Waals surface area contributed by atoms with Gasteiger partial charge in [-0.15, -0.1) is 0 Å². The Hall–Kier alpha value is -0.810. The molecule has 3 N–H and O–H groups in total. The van der Waals surface area contributed by atoms with Gasteiger partial charge in [-0.1, -0.05) is 20.8 Å². The zero-order chi connectivity index (χ0) is 12.5. The number of nitrogens with zero attached hydrogens (tertiary/aromatic N) is 2. The minimum absolute atomic E-state index is 0.0204. The van der Waals surface area contributed by atoms with Crippen LogP contribution >= 0.6 is 11.8 Å². The third-order valence-electron chi connectivity index (χ3n) is 2.88. The number of aromatic nitrogens is 2. The van der Waals surface area contributed by atoms with Crippen LogP contribution in [0.5, 0.6) is 0 Å². The van der Waals surface area contributed by atoms with Crippen molar-refractivity contribution in [3.05, 3.63) is 17.6 Å². The van der Waals surface area contributed by atoms with Crippen LogP contribution in [-0.4, -0.2) is 15.7 Å². The van der Waals surface area contributed by atoms with Gasteiger partial charge < -0.3 is 5.43 Å². The van der Waals surface area contributed by atoms with E-state index in [1.54, 1.807) is 0 Å². The van der Waals surface area contributed by atoms with Crippen molar-refractivity contribution in [2.75, 3.05) is 11.2 Å². The molecule has 17 heavy (non-hydrogen) atoms. The summed E-state index contributed by atoms with van der Waals surface area (Å²) in [7, 11) is 0. The molecule has 0 saturated carbocycles. The molecule has 1 aromatic rings. The van der Waals surface area contributed by atoms with Gasteiger partial charge in [0.2, 0.25) is 0 Å². The summed E-state index contributed by atoms with van der Waals surface area (Å²) in [6.07, 6.45) is 2.42. The van der Waals surface area contributed by atoms with Crippen molar-refractivity contribution >= 4 is 17.6 Å². The standard InChI is InChI=1S/C12H20N4S/c1-12(2,3)9-7-10(16-13)15-11(14-9)8-5-4-6-17-8/h7-8H,4-6,13H2,1-3H3,(H,14,15,16). The first-order chi connectivity index (χ1) is 8.00. The number of hydrogen-bond donors (Lipinski definition) is 2. The maximum Gasteiger partial charge on any atom is 0.144 e. The summed E-state index contributed by atoms with van der Waals surface area (Å²) in [5, 5.41) is 0.435. The Morgan fingerprint density at radius 3 is 2.71 bits per heavy atom. The minimum Gasteiger partial charge on any atom is -0.308 e. The molecule has 1 aliphatic heterocycles. The van der Waals surface area contributed by atoms with Crippen LogP contribution in [0.4, 0.5) is 5.82 Å². The van der Waals surface area contributed by atoms with Crippen molar-refractivity contribution in [3.63, 3.8) is 0 Å². The molecule has 1 aliphatic rings. The van der Waals surface area contributed by atoms with Gasteiger partial charge in [0, 0.05) is 11.5 Å². The maximum atomic E-state index is 5.48. The fourth-order valence-electron chi connectivity index (χ4n) is 1.85. The topological polar surface area (TPSA) is 63.8 Å². The highest BCUT2D eigenvalue weighted by Crippen LogP contribution is 2.39. The summed E-state index contributed by atoms with van der Waals surface area (Å²) in [5.41, 5.74) is 3.71. The van der Waals surface area contributed by atoms with Crippen molar-refractivity contribution in [2.24, 2.45) is 5.84 Å². The van der Waals surface area contributed by atoms with E-state index in [4.69, 9.17) is 10.8 Å². The van der Waals surface area contributed by atoms with E-state index in [1.807, 2.05) is 17.8 Å². The molecule has 5 heteroatoms. The summed E-state index contributed by atoms with van der Waals surface area (Å²) in [6, 6.07) is 1.93. The summed E-state index contributed by atoms with van der Waals surface area (Å²) in [4.78, 5) is 9.19. The van der Waals surface area contributed by atoms with Crippen LogP contribution in [0.25, 0.3) is 0 Å². The van der Waals surface area contributed by atoms with Crippen LogP contribution in [0.15, 0.2) is 6.07 Å². The molecule has 0 amide bonds. The molecule has 1 saturated heterocycles. The monoisotopic (exact) mass is 252 g/mol. The molecule has 1 unspecified atom stereocenters. The molecule has 94 valence electrons. The van der Waals surface area contributed by atoms with E-state index in [9.17, 15) is 0 Å². The number of thioether (sulfide) groups is 1. The van der Waals surface area contributed by atoms with Crippen molar-refractivity contribution in [1.82, 2.24) is 9.97 Å². The van der Waals surface area contributed by atoms with E-state index >= 15 is 0 Å². The molecule has 0 aliphatic carbocycles. The molecule has 1 fully saturated rings. The SMILES string of the molecule is CC(C)(C)c1cc(NN)nc(C2CCCS2)n1. The summed E-state index contributed by atoms with van der Waals surface area (Å²) < 4.78 is 0. The van der Waals surface area contributed by atoms with Crippen LogP contribution < -0.4 is 11.3 Å². The highest BCUT2D eigenvalue weighted by atomic mass is 32.2. The minimum atomic E-state index is 0.0204. The average molecular weight is 252 g/mol. The van der Waals surface area contributed by atoms with Gasteiger partial charge in [0.1, 0.15) is 11.6 Å². The summed E-state index contributed by atoms with van der Waals surface area (Å²) in [5.74, 6) is 8.33. The molecule has 4 nitrogen and oxygen atoms in total. The first-order valence-electron chi connectivity index (χ1n) is 5.98. The van der Waals surface area contributed by atoms with E-state index in [0.717, 1.165) is 11.5 Å². The molecule has 0 bridgehead atoms. The Morgan fingerprint density at radius 1 is 1.41 bits per heavy atom. The highest BCUT2D eigenvalue weighted by molar-refractivity contribution is 7.99. The van der Waals surface area contributed by atoms with Crippen molar-refractivity contribution < 1.29 is 0 Å². The first kappa shape index (κ1) is 12.6. The normalized spacial score (nSPS) is 20.6. The molecule has 0 spiro atoms. The van der Waals surface area contributed by atoms with Crippen LogP contribution in [-0.2, 0) is 5.41 Å². The molecule has 2 heterocycles. The molecule has 0 aromatic carbocycles. The van der Waals surface area contributed by atoms with E-state index in [-0.39, 0.29) is 5.41 Å². The van der Waals surface area contributed by atoms with Crippen molar-refractivity contribution in [2.45, 2.75) is 44.3 Å². The quantitative estimate of drug-likeness (QED) is 0.626. The first-order valence-corrected chi connectivity index (χ1v) is 7.03. The third-order valence-corrected chi connectivity index (χ3v) is 4.25. The molecule has 1 atom stereocenters. The van der Waals surface area contributed by atoms with Gasteiger partial charge in [0.25, 0.3) is 0 Å². The number of nitrogen functional groups attached to an aromatic ring is 1. The number of anilines is 1. The number of hydrazine groups is 1. The summed E-state index contributed by atoms with van der Waals surface area (Å²) >= 11 is 1.94. The lowest BCUT2D eigenvalue weighted by molar-refractivity contribution is 0.561. The Bertz CT molecular complexity index is 394. The fourth-order valence-corrected chi connectivity index (χ4v) is 3.05. The second kappa shape index (κ2) is 4.82. The molecular weight excluding hydrogens is 232 g/mol. The summed E-state index contributed by atoms with van der Waals surface area (Å²) in [6.45, 7) is 6.46. The Kier molecular flexibility index (Phi) is 3.58. The van der Waals surface area contributed by atoms with Gasteiger partial charge in [-0.05, 0) is 18.6 Å². The molecule has 2 rings (SSSR count). The van der Waals surface area contributed by atoms with Gasteiger partial charge >= 0.3 is 0 Å². The smallest absolute Gasteiger partial charge is 0.144 e. The van der Waals surface area contributed by atoms with E-state index < -0.39 is 0 Å². The molecule has 1 aromatic heterocycles. The van der Waals surface area contributed by atoms with Crippen LogP contribution in [0, 0.1) is 0 Å². The Morgan fingerprint density at radius 2 is 2.18 bits per heavy atom. The van der Waals surface area contributed by atoms with E-state index in [1.165, 1.54) is 18.6 Å². The van der Waals surface area contributed by atoms with Gasteiger partial charge in [0.15, 0.2) is 0 Å². The Balaban J connectivity index is 2.38. The maximum absolute atomic E-state index is 5.48. The lowest BCUT2D eigenvalue weighted by atomic mass is 9.92. The van der Waals surface area contributed by atoms with Crippen LogP contribution in [0.2, 0.25) is 0 Å². The predicted octanol–water partition coefficient (Wildman–Crippen LogP) is 2.63. The second-order valence-corrected chi connectivity index (χ2v) is 6.70. The Labute approximate surface area is 107 Å². The number of rotatable bonds is 2. The lowest BCUT2D eigenvalue weighted by Crippen LogP contribution is -2.18. The number of hydrogen-bond acceptors (Lipinski definition) is 5. The third kappa shape index (κ3) is 2.90. The zero-order valence-corrected chi connectivity index (χ0v) is 11.5. The van der Waals surface area contributed by atoms with Gasteiger partial charge in [-0.2, -0.15) is 11.8 Å². The fraction of sp³-hybridized carbons (Fsp3) is 0.667. The van der Waals surface area contributed by atoms with Crippen LogP contribution in [0.3, 0.4) is 0 Å². The van der Waals surface area contributed by atoms with Crippen molar-refractivity contribution in [3.8, 4) is 0 Å². The highest BCUT2D eigenvalue weighted by Gasteiger charge is 2.24. The molecular formula is C12H20N4S.